The van der Waals surface area contributed by atoms with E-state index < -0.39 is 18.3 Å². The van der Waals surface area contributed by atoms with E-state index in [-0.39, 0.29) is 16.4 Å². The zero-order chi connectivity index (χ0) is 31.4. The Hall–Kier alpha value is -2.79. The zero-order valence-corrected chi connectivity index (χ0v) is 28.9. The molecule has 0 N–H and O–H groups in total. The second-order valence-electron chi connectivity index (χ2n) is 13.9. The van der Waals surface area contributed by atoms with Crippen LogP contribution in [-0.2, 0) is 19.2 Å². The Morgan fingerprint density at radius 1 is 0.909 bits per heavy atom. The molecule has 0 unspecified atom stereocenters. The number of fused-ring (bicyclic) bond motifs is 3. The second kappa shape index (κ2) is 11.5. The molecule has 0 radical (unpaired) electrons. The normalized spacial score (nSPS) is 17.4. The quantitative estimate of drug-likeness (QED) is 0.126. The van der Waals surface area contributed by atoms with Crippen LogP contribution in [0.25, 0.3) is 21.9 Å². The summed E-state index contributed by atoms with van der Waals surface area (Å²) in [5, 5.41) is 1.55. The molecular weight excluding hydrogens is 589 g/mol. The third-order valence-electron chi connectivity index (χ3n) is 10.1. The van der Waals surface area contributed by atoms with E-state index in [2.05, 4.69) is 51.4 Å². The summed E-state index contributed by atoms with van der Waals surface area (Å²) in [7, 11) is -5.74. The third-order valence-corrected chi connectivity index (χ3v) is 17.9. The smallest absolute Gasteiger partial charge is 0.269 e. The molecule has 2 fully saturated rings. The minimum atomic E-state index is -3.87. The van der Waals surface area contributed by atoms with Crippen molar-refractivity contribution in [1.29, 1.82) is 0 Å². The molecule has 1 saturated carbocycles. The highest BCUT2D eigenvalue weighted by Crippen LogP contribution is 2.51. The molecule has 0 amide bonds. The number of pyridine rings is 2. The molecule has 1 aromatic carbocycles. The zero-order valence-electron chi connectivity index (χ0n) is 27.1. The van der Waals surface area contributed by atoms with E-state index in [1.54, 1.807) is 30.6 Å². The highest BCUT2D eigenvalue weighted by atomic mass is 32.2. The van der Waals surface area contributed by atoms with Crippen LogP contribution in [0.4, 0.5) is 5.82 Å². The van der Waals surface area contributed by atoms with E-state index in [1.165, 1.54) is 3.97 Å². The lowest BCUT2D eigenvalue weighted by Gasteiger charge is -2.59. The standard InChI is InChI=1S/C34H46N4O4SSi/c1-23(2)44(24(3)4,25(5)6)42-17-16-41-27-18-34(19-27)21-37(22-34)32-13-12-29-30-20-35-15-14-31(30)38(33(29)36-32)43(39,40)28-10-8-26(7)9-11-28/h8-15,20,23-25,27H,16-19,21-22H2,1-7H3. The predicted octanol–water partition coefficient (Wildman–Crippen LogP) is 7.31. The topological polar surface area (TPSA) is 86.6 Å². The van der Waals surface area contributed by atoms with Crippen molar-refractivity contribution in [2.24, 2.45) is 5.41 Å². The number of aryl methyl sites for hydroxylation is 1. The Bertz CT molecular complexity index is 1730. The molecule has 6 rings (SSSR count). The average molecular weight is 635 g/mol. The van der Waals surface area contributed by atoms with Crippen LogP contribution in [0.3, 0.4) is 0 Å². The number of ether oxygens (including phenoxy) is 1. The lowest BCUT2D eigenvalue weighted by Crippen LogP contribution is -2.64. The Labute approximate surface area is 263 Å². The van der Waals surface area contributed by atoms with Crippen molar-refractivity contribution in [3.63, 3.8) is 0 Å². The van der Waals surface area contributed by atoms with Crippen LogP contribution >= 0.6 is 0 Å². The number of hydrogen-bond donors (Lipinski definition) is 0. The molecule has 1 spiro atoms. The molecular formula is C34H46N4O4SSi. The van der Waals surface area contributed by atoms with Gasteiger partial charge in [-0.15, -0.1) is 0 Å². The first-order valence-corrected chi connectivity index (χ1v) is 19.5. The molecule has 0 atom stereocenters. The van der Waals surface area contributed by atoms with Crippen LogP contribution in [-0.4, -0.2) is 63.1 Å². The number of nitrogens with zero attached hydrogens (tertiary/aromatic N) is 4. The minimum Gasteiger partial charge on any atom is -0.414 e. The molecule has 44 heavy (non-hydrogen) atoms. The van der Waals surface area contributed by atoms with Crippen LogP contribution in [0.1, 0.15) is 59.9 Å². The molecule has 0 bridgehead atoms. The maximum atomic E-state index is 13.9. The summed E-state index contributed by atoms with van der Waals surface area (Å²) >= 11 is 0. The summed E-state index contributed by atoms with van der Waals surface area (Å²) in [6.07, 6.45) is 5.70. The third kappa shape index (κ3) is 5.17. The summed E-state index contributed by atoms with van der Waals surface area (Å²) in [4.78, 5) is 11.7. The van der Waals surface area contributed by atoms with Gasteiger partial charge in [0.25, 0.3) is 10.0 Å². The van der Waals surface area contributed by atoms with Crippen LogP contribution in [0.2, 0.25) is 16.6 Å². The van der Waals surface area contributed by atoms with E-state index in [4.69, 9.17) is 14.1 Å². The van der Waals surface area contributed by atoms with Crippen molar-refractivity contribution < 1.29 is 17.6 Å². The highest BCUT2D eigenvalue weighted by molar-refractivity contribution is 7.90. The summed E-state index contributed by atoms with van der Waals surface area (Å²) < 4.78 is 42.2. The molecule has 1 aliphatic heterocycles. The van der Waals surface area contributed by atoms with Gasteiger partial charge >= 0.3 is 0 Å². The molecule has 1 saturated heterocycles. The fourth-order valence-electron chi connectivity index (χ4n) is 8.07. The first kappa shape index (κ1) is 31.2. The van der Waals surface area contributed by atoms with Gasteiger partial charge < -0.3 is 14.1 Å². The first-order chi connectivity index (χ1) is 20.9. The largest absolute Gasteiger partial charge is 0.414 e. The second-order valence-corrected chi connectivity index (χ2v) is 21.2. The van der Waals surface area contributed by atoms with Crippen LogP contribution < -0.4 is 4.90 Å². The van der Waals surface area contributed by atoms with Gasteiger partial charge in [-0.3, -0.25) is 4.98 Å². The Balaban J connectivity index is 1.13. The maximum absolute atomic E-state index is 13.9. The Morgan fingerprint density at radius 2 is 1.57 bits per heavy atom. The average Bonchev–Trinajstić information content (AvgIpc) is 3.27. The number of rotatable bonds is 11. The van der Waals surface area contributed by atoms with Crippen molar-refractivity contribution in [2.75, 3.05) is 31.2 Å². The number of aromatic nitrogens is 3. The van der Waals surface area contributed by atoms with Gasteiger partial charge in [0.2, 0.25) is 0 Å². The maximum Gasteiger partial charge on any atom is 0.269 e. The van der Waals surface area contributed by atoms with Gasteiger partial charge in [0, 0.05) is 41.7 Å². The fourth-order valence-corrected chi connectivity index (χ4v) is 15.0. The molecule has 2 aliphatic rings. The molecule has 3 aromatic heterocycles. The molecule has 8 nitrogen and oxygen atoms in total. The molecule has 4 heterocycles. The van der Waals surface area contributed by atoms with Gasteiger partial charge in [0.1, 0.15) is 5.82 Å². The highest BCUT2D eigenvalue weighted by Gasteiger charge is 2.53. The van der Waals surface area contributed by atoms with Crippen molar-refractivity contribution in [3.05, 3.63) is 60.4 Å². The van der Waals surface area contributed by atoms with Gasteiger partial charge in [0.15, 0.2) is 14.0 Å². The summed E-state index contributed by atoms with van der Waals surface area (Å²) in [5.41, 5.74) is 3.99. The van der Waals surface area contributed by atoms with Crippen molar-refractivity contribution in [3.8, 4) is 0 Å². The Kier molecular flexibility index (Phi) is 8.18. The van der Waals surface area contributed by atoms with Gasteiger partial charge in [-0.25, -0.2) is 17.4 Å². The SMILES string of the molecule is Cc1ccc(S(=O)(=O)n2c3ccncc3c3ccc(N4CC5(CC(OCCO[Si](C(C)C)(C(C)C)C(C)C)C5)C4)nc32)cc1. The lowest BCUT2D eigenvalue weighted by atomic mass is 9.62. The monoisotopic (exact) mass is 634 g/mol. The molecule has 4 aromatic rings. The van der Waals surface area contributed by atoms with Crippen molar-refractivity contribution >= 4 is 46.1 Å². The van der Waals surface area contributed by atoms with Crippen molar-refractivity contribution in [1.82, 2.24) is 13.9 Å². The summed E-state index contributed by atoms with van der Waals surface area (Å²) in [6.45, 7) is 19.0. The van der Waals surface area contributed by atoms with E-state index >= 15 is 0 Å². The fraction of sp³-hybridized carbons (Fsp3) is 0.529. The van der Waals surface area contributed by atoms with E-state index in [9.17, 15) is 8.42 Å². The van der Waals surface area contributed by atoms with Crippen molar-refractivity contribution in [2.45, 2.75) is 88.9 Å². The number of hydrogen-bond acceptors (Lipinski definition) is 7. The number of anilines is 1. The van der Waals surface area contributed by atoms with Gasteiger partial charge in [0.05, 0.1) is 29.7 Å². The van der Waals surface area contributed by atoms with Crippen LogP contribution in [0, 0.1) is 12.3 Å². The molecule has 10 heteroatoms. The molecule has 236 valence electrons. The summed E-state index contributed by atoms with van der Waals surface area (Å²) in [5.74, 6) is 0.800. The van der Waals surface area contributed by atoms with Gasteiger partial charge in [-0.05, 0) is 66.7 Å². The summed E-state index contributed by atoms with van der Waals surface area (Å²) in [6, 6.07) is 12.7. The molecule has 1 aliphatic carbocycles. The lowest BCUT2D eigenvalue weighted by molar-refractivity contribution is -0.0984. The van der Waals surface area contributed by atoms with Gasteiger partial charge in [-0.1, -0.05) is 59.2 Å². The van der Waals surface area contributed by atoms with Gasteiger partial charge in [-0.2, -0.15) is 0 Å². The van der Waals surface area contributed by atoms with E-state index in [0.717, 1.165) is 48.1 Å². The predicted molar refractivity (Wildman–Crippen MR) is 179 cm³/mol. The first-order valence-electron chi connectivity index (χ1n) is 16.0. The number of benzene rings is 1. The Morgan fingerprint density at radius 3 is 2.20 bits per heavy atom. The van der Waals surface area contributed by atoms with E-state index in [0.29, 0.717) is 41.0 Å². The minimum absolute atomic E-state index is 0.241. The van der Waals surface area contributed by atoms with Crippen LogP contribution in [0.15, 0.2) is 59.8 Å². The van der Waals surface area contributed by atoms with E-state index in [1.807, 2.05) is 31.2 Å². The van der Waals surface area contributed by atoms with Crippen LogP contribution in [0.5, 0.6) is 0 Å².